The smallest absolute Gasteiger partial charge is 0.344 e. The van der Waals surface area contributed by atoms with Crippen LogP contribution in [0.2, 0.25) is 0 Å². The number of ketones is 1. The molecule has 0 saturated carbocycles. The molecule has 4 rings (SSSR count). The quantitative estimate of drug-likeness (QED) is 0.190. The molecule has 0 aliphatic carbocycles. The van der Waals surface area contributed by atoms with Gasteiger partial charge in [0.05, 0.1) is 12.0 Å². The third-order valence-corrected chi connectivity index (χ3v) is 5.76. The summed E-state index contributed by atoms with van der Waals surface area (Å²) >= 11 is 0. The lowest BCUT2D eigenvalue weighted by Crippen LogP contribution is -2.60. The third-order valence-electron chi connectivity index (χ3n) is 5.76. The lowest BCUT2D eigenvalue weighted by molar-refractivity contribution is -0.277. The first-order valence-electron chi connectivity index (χ1n) is 10.4. The second kappa shape index (κ2) is 9.18. The van der Waals surface area contributed by atoms with E-state index in [1.54, 1.807) is 18.2 Å². The van der Waals surface area contributed by atoms with Crippen LogP contribution < -0.4 is 10.4 Å². The Morgan fingerprint density at radius 2 is 1.82 bits per heavy atom. The molecule has 33 heavy (non-hydrogen) atoms. The van der Waals surface area contributed by atoms with Crippen molar-refractivity contribution in [1.82, 2.24) is 0 Å². The summed E-state index contributed by atoms with van der Waals surface area (Å²) in [5.74, 6) is -0.340. The molecule has 5 atom stereocenters. The normalized spacial score (nSPS) is 25.5. The molecule has 3 aromatic rings. The zero-order valence-corrected chi connectivity index (χ0v) is 17.7. The first-order chi connectivity index (χ1) is 15.8. The minimum Gasteiger partial charge on any atom is -0.462 e. The second-order valence-electron chi connectivity index (χ2n) is 7.92. The molecular formula is C23H24O10. The highest BCUT2D eigenvalue weighted by Gasteiger charge is 2.44. The number of hydrogen-bond acceptors (Lipinski definition) is 10. The van der Waals surface area contributed by atoms with Gasteiger partial charge < -0.3 is 39.4 Å². The number of aliphatic hydroxyl groups is 5. The Bertz CT molecular complexity index is 1250. The minimum atomic E-state index is -1.65. The van der Waals surface area contributed by atoms with Crippen molar-refractivity contribution in [3.05, 3.63) is 51.9 Å². The summed E-state index contributed by atoms with van der Waals surface area (Å²) in [7, 11) is 0. The van der Waals surface area contributed by atoms with Gasteiger partial charge in [0.25, 0.3) is 0 Å². The monoisotopic (exact) mass is 460 g/mol. The average molecular weight is 460 g/mol. The summed E-state index contributed by atoms with van der Waals surface area (Å²) in [5, 5.41) is 50.0. The summed E-state index contributed by atoms with van der Waals surface area (Å²) in [4.78, 5) is 25.3. The molecule has 176 valence electrons. The van der Waals surface area contributed by atoms with E-state index in [9.17, 15) is 35.1 Å². The maximum Gasteiger partial charge on any atom is 0.344 e. The fourth-order valence-electron chi connectivity index (χ4n) is 4.12. The van der Waals surface area contributed by atoms with E-state index in [1.807, 2.05) is 0 Å². The molecule has 1 saturated heterocycles. The first-order valence-corrected chi connectivity index (χ1v) is 10.4. The zero-order chi connectivity index (χ0) is 23.9. The number of aliphatic hydroxyl groups excluding tert-OH is 5. The van der Waals surface area contributed by atoms with Gasteiger partial charge in [0.15, 0.2) is 5.78 Å². The fraction of sp³-hybridized carbons (Fsp3) is 0.391. The van der Waals surface area contributed by atoms with Crippen molar-refractivity contribution in [2.24, 2.45) is 0 Å². The summed E-state index contributed by atoms with van der Waals surface area (Å²) in [5.41, 5.74) is 0.172. The van der Waals surface area contributed by atoms with Gasteiger partial charge in [-0.05, 0) is 25.0 Å². The van der Waals surface area contributed by atoms with Crippen molar-refractivity contribution in [1.29, 1.82) is 0 Å². The van der Waals surface area contributed by atoms with E-state index in [2.05, 4.69) is 0 Å². The molecule has 2 heterocycles. The van der Waals surface area contributed by atoms with Crippen molar-refractivity contribution in [3.8, 4) is 5.75 Å². The standard InChI is InChI=1S/C23H24O10/c1-10(26)14-7-12(31-23-21(29)20(28)19(27)16(9-25)33-23)8-15-18(14)13-4-2-3-11(5-6-24)17(13)22(30)32-15/h2-4,7-8,16,19-21,23-25,27-29H,5-6,9H2,1H3/t16-,19-,20+,21-,23-/m1/s1. The Morgan fingerprint density at radius 3 is 2.48 bits per heavy atom. The zero-order valence-electron chi connectivity index (χ0n) is 17.7. The number of ether oxygens (including phenoxy) is 2. The Balaban J connectivity index is 1.85. The number of carbonyl (C=O) groups excluding carboxylic acids is 1. The number of benzene rings is 2. The number of fused-ring (bicyclic) bond motifs is 3. The maximum atomic E-state index is 12.8. The lowest BCUT2D eigenvalue weighted by atomic mass is 9.97. The van der Waals surface area contributed by atoms with E-state index in [4.69, 9.17) is 13.9 Å². The highest BCUT2D eigenvalue weighted by Crippen LogP contribution is 2.33. The van der Waals surface area contributed by atoms with Gasteiger partial charge in [-0.2, -0.15) is 0 Å². The molecule has 5 N–H and O–H groups in total. The molecule has 10 heteroatoms. The molecule has 0 unspecified atom stereocenters. The van der Waals surface area contributed by atoms with E-state index >= 15 is 0 Å². The van der Waals surface area contributed by atoms with Crippen molar-refractivity contribution in [3.63, 3.8) is 0 Å². The highest BCUT2D eigenvalue weighted by atomic mass is 16.7. The summed E-state index contributed by atoms with van der Waals surface area (Å²) in [6, 6.07) is 7.84. The average Bonchev–Trinajstić information content (AvgIpc) is 2.79. The number of hydrogen-bond donors (Lipinski definition) is 5. The second-order valence-corrected chi connectivity index (χ2v) is 7.92. The predicted molar refractivity (Wildman–Crippen MR) is 115 cm³/mol. The Morgan fingerprint density at radius 1 is 1.06 bits per heavy atom. The van der Waals surface area contributed by atoms with Crippen LogP contribution in [0.4, 0.5) is 0 Å². The van der Waals surface area contributed by atoms with Gasteiger partial charge in [0.2, 0.25) is 6.29 Å². The molecule has 0 amide bonds. The van der Waals surface area contributed by atoms with Crippen LogP contribution in [0.1, 0.15) is 22.8 Å². The van der Waals surface area contributed by atoms with Gasteiger partial charge in [0.1, 0.15) is 35.7 Å². The van der Waals surface area contributed by atoms with Gasteiger partial charge in [-0.3, -0.25) is 4.79 Å². The Kier molecular flexibility index (Phi) is 6.48. The summed E-state index contributed by atoms with van der Waals surface area (Å²) in [6.07, 6.45) is -7.24. The largest absolute Gasteiger partial charge is 0.462 e. The van der Waals surface area contributed by atoms with Crippen LogP contribution in [0.5, 0.6) is 5.75 Å². The van der Waals surface area contributed by atoms with Gasteiger partial charge in [-0.25, -0.2) is 4.79 Å². The van der Waals surface area contributed by atoms with Crippen LogP contribution in [0.3, 0.4) is 0 Å². The van der Waals surface area contributed by atoms with Gasteiger partial charge >= 0.3 is 5.63 Å². The predicted octanol–water partition coefficient (Wildman–Crippen LogP) is -0.138. The van der Waals surface area contributed by atoms with E-state index in [1.165, 1.54) is 19.1 Å². The topological polar surface area (TPSA) is 167 Å². The molecular weight excluding hydrogens is 436 g/mol. The Labute approximate surface area is 187 Å². The number of rotatable bonds is 6. The lowest BCUT2D eigenvalue weighted by Gasteiger charge is -2.39. The van der Waals surface area contributed by atoms with Crippen LogP contribution >= 0.6 is 0 Å². The maximum absolute atomic E-state index is 12.8. The summed E-state index contributed by atoms with van der Waals surface area (Å²) < 4.78 is 16.5. The molecule has 0 spiro atoms. The third kappa shape index (κ3) is 4.12. The molecule has 0 radical (unpaired) electrons. The van der Waals surface area contributed by atoms with E-state index < -0.39 is 42.9 Å². The van der Waals surface area contributed by atoms with Crippen LogP contribution in [-0.2, 0) is 11.2 Å². The molecule has 0 bridgehead atoms. The molecule has 1 fully saturated rings. The number of carbonyl (C=O) groups is 1. The van der Waals surface area contributed by atoms with Crippen LogP contribution in [0.25, 0.3) is 21.7 Å². The fourth-order valence-corrected chi connectivity index (χ4v) is 4.12. The van der Waals surface area contributed by atoms with Gasteiger partial charge in [-0.15, -0.1) is 0 Å². The van der Waals surface area contributed by atoms with E-state index in [0.717, 1.165) is 0 Å². The molecule has 1 aliphatic heterocycles. The molecule has 2 aromatic carbocycles. The van der Waals surface area contributed by atoms with Gasteiger partial charge in [0, 0.05) is 29.0 Å². The van der Waals surface area contributed by atoms with Crippen molar-refractivity contribution in [2.45, 2.75) is 44.1 Å². The summed E-state index contributed by atoms with van der Waals surface area (Å²) in [6.45, 7) is 0.543. The Hall–Kier alpha value is -2.86. The first kappa shape index (κ1) is 23.3. The minimum absolute atomic E-state index is 0.00559. The van der Waals surface area contributed by atoms with Crippen molar-refractivity contribution < 1.29 is 44.2 Å². The van der Waals surface area contributed by atoms with Crippen molar-refractivity contribution in [2.75, 3.05) is 13.2 Å². The van der Waals surface area contributed by atoms with Crippen LogP contribution in [-0.4, -0.2) is 75.2 Å². The molecule has 1 aromatic heterocycles. The highest BCUT2D eigenvalue weighted by molar-refractivity contribution is 6.16. The number of Topliss-reactive ketones (excluding diaryl/α,β-unsaturated/α-hetero) is 1. The van der Waals surface area contributed by atoms with E-state index in [-0.39, 0.29) is 41.1 Å². The van der Waals surface area contributed by atoms with Crippen LogP contribution in [0.15, 0.2) is 39.5 Å². The molecule has 10 nitrogen and oxygen atoms in total. The van der Waals surface area contributed by atoms with Gasteiger partial charge in [-0.1, -0.05) is 18.2 Å². The van der Waals surface area contributed by atoms with Crippen molar-refractivity contribution >= 4 is 27.5 Å². The van der Waals surface area contributed by atoms with E-state index in [0.29, 0.717) is 16.3 Å². The SMILES string of the molecule is CC(=O)c1cc(O[C@@H]2O[C@H](CO)[C@@H](O)[C@H](O)[C@H]2O)cc2oc(=O)c3c(CCO)cccc3c12. The molecule has 1 aliphatic rings. The van der Waals surface area contributed by atoms with Crippen LogP contribution in [0, 0.1) is 0 Å².